The third-order valence-electron chi connectivity index (χ3n) is 5.44. The number of carbonyl (C=O) groups is 1. The average molecular weight is 375 g/mol. The lowest BCUT2D eigenvalue weighted by atomic mass is 9.92. The van der Waals surface area contributed by atoms with Crippen LogP contribution in [-0.4, -0.2) is 60.5 Å². The summed E-state index contributed by atoms with van der Waals surface area (Å²) < 4.78 is 1.18. The summed E-state index contributed by atoms with van der Waals surface area (Å²) in [6.07, 6.45) is 3.63. The monoisotopic (exact) mass is 374 g/mol. The van der Waals surface area contributed by atoms with E-state index in [9.17, 15) is 4.79 Å². The molecule has 5 nitrogen and oxygen atoms in total. The predicted octanol–water partition coefficient (Wildman–Crippen LogP) is 2.96. The third-order valence-corrected chi connectivity index (χ3v) is 6.46. The Bertz CT molecular complexity index is 690. The molecule has 1 aliphatic rings. The van der Waals surface area contributed by atoms with E-state index in [0.717, 1.165) is 36.1 Å². The van der Waals surface area contributed by atoms with Crippen molar-refractivity contribution in [2.75, 3.05) is 33.7 Å². The normalized spacial score (nSPS) is 17.5. The summed E-state index contributed by atoms with van der Waals surface area (Å²) in [5.74, 6) is 0.986. The van der Waals surface area contributed by atoms with Gasteiger partial charge in [0.1, 0.15) is 5.01 Å². The van der Waals surface area contributed by atoms with Crippen molar-refractivity contribution in [3.8, 4) is 0 Å². The van der Waals surface area contributed by atoms with Crippen LogP contribution in [0.5, 0.6) is 0 Å². The number of likely N-dealkylation sites (tertiary alicyclic amines) is 1. The zero-order chi connectivity index (χ0) is 18.5. The predicted molar refractivity (Wildman–Crippen MR) is 108 cm³/mol. The minimum Gasteiger partial charge on any atom is -0.338 e. The summed E-state index contributed by atoms with van der Waals surface area (Å²) in [6.45, 7) is 5.77. The number of para-hydroxylation sites is 1. The molecule has 1 atom stereocenters. The number of likely N-dealkylation sites (N-methyl/N-ethyl adjacent to an activating group) is 1. The Morgan fingerprint density at radius 1 is 1.38 bits per heavy atom. The summed E-state index contributed by atoms with van der Waals surface area (Å²) in [7, 11) is 3.90. The van der Waals surface area contributed by atoms with E-state index >= 15 is 0 Å². The fourth-order valence-corrected chi connectivity index (χ4v) is 4.74. The second-order valence-electron chi connectivity index (χ2n) is 7.32. The van der Waals surface area contributed by atoms with Gasteiger partial charge >= 0.3 is 0 Å². The molecular weight excluding hydrogens is 344 g/mol. The van der Waals surface area contributed by atoms with Gasteiger partial charge in [-0.1, -0.05) is 12.1 Å². The number of nitrogens with zero attached hydrogens (tertiary/aromatic N) is 3. The van der Waals surface area contributed by atoms with Crippen LogP contribution < -0.4 is 5.32 Å². The molecule has 6 heteroatoms. The number of nitrogens with one attached hydrogen (secondary N) is 1. The number of benzene rings is 1. The van der Waals surface area contributed by atoms with Crippen LogP contribution in [0.3, 0.4) is 0 Å². The Kier molecular flexibility index (Phi) is 6.62. The topological polar surface area (TPSA) is 48.5 Å². The molecule has 1 fully saturated rings. The number of fused-ring (bicyclic) bond motifs is 1. The summed E-state index contributed by atoms with van der Waals surface area (Å²) in [5, 5.41) is 4.24. The fraction of sp³-hybridized carbons (Fsp3) is 0.600. The van der Waals surface area contributed by atoms with Gasteiger partial charge in [-0.3, -0.25) is 9.69 Å². The van der Waals surface area contributed by atoms with Crippen LogP contribution in [0.25, 0.3) is 10.2 Å². The number of piperidine rings is 1. The van der Waals surface area contributed by atoms with E-state index in [1.807, 2.05) is 44.1 Å². The Hall–Kier alpha value is -1.50. The number of hydrogen-bond donors (Lipinski definition) is 1. The molecule has 1 N–H and O–H groups in total. The van der Waals surface area contributed by atoms with Gasteiger partial charge in [0.2, 0.25) is 5.91 Å². The molecule has 1 aromatic carbocycles. The van der Waals surface area contributed by atoms with Gasteiger partial charge in [-0.25, -0.2) is 4.98 Å². The summed E-state index contributed by atoms with van der Waals surface area (Å²) >= 11 is 1.67. The van der Waals surface area contributed by atoms with Crippen molar-refractivity contribution in [2.45, 2.75) is 38.8 Å². The molecule has 1 amide bonds. The fourth-order valence-electron chi connectivity index (χ4n) is 3.72. The highest BCUT2D eigenvalue weighted by molar-refractivity contribution is 7.18. The van der Waals surface area contributed by atoms with Gasteiger partial charge in [-0.05, 0) is 70.9 Å². The second kappa shape index (κ2) is 8.93. The van der Waals surface area contributed by atoms with Crippen LogP contribution in [0.1, 0.15) is 31.2 Å². The van der Waals surface area contributed by atoms with E-state index in [1.54, 1.807) is 11.3 Å². The number of carbonyl (C=O) groups excluding carboxylic acids is 1. The van der Waals surface area contributed by atoms with Crippen molar-refractivity contribution < 1.29 is 4.79 Å². The van der Waals surface area contributed by atoms with Crippen LogP contribution in [0.15, 0.2) is 24.3 Å². The van der Waals surface area contributed by atoms with Gasteiger partial charge in [0.05, 0.1) is 22.8 Å². The van der Waals surface area contributed by atoms with Gasteiger partial charge in [0, 0.05) is 7.05 Å². The molecule has 2 aromatic rings. The molecule has 0 radical (unpaired) electrons. The number of rotatable bonds is 7. The Labute approximate surface area is 160 Å². The number of amides is 1. The van der Waals surface area contributed by atoms with Crippen molar-refractivity contribution in [1.29, 1.82) is 0 Å². The van der Waals surface area contributed by atoms with E-state index in [2.05, 4.69) is 21.3 Å². The molecule has 26 heavy (non-hydrogen) atoms. The lowest BCUT2D eigenvalue weighted by molar-refractivity contribution is -0.136. The van der Waals surface area contributed by atoms with Crippen molar-refractivity contribution in [3.05, 3.63) is 29.3 Å². The number of hydrogen-bond acceptors (Lipinski definition) is 5. The lowest BCUT2D eigenvalue weighted by Crippen LogP contribution is -2.48. The molecular formula is C20H30N4OS. The van der Waals surface area contributed by atoms with Crippen molar-refractivity contribution in [1.82, 2.24) is 20.1 Å². The first-order chi connectivity index (χ1) is 12.6. The lowest BCUT2D eigenvalue weighted by Gasteiger charge is -2.36. The SMILES string of the molecule is CNCCC1CCN(C(C)C(=O)N(C)Cc2nc3ccccc3s2)CC1. The van der Waals surface area contributed by atoms with Crippen LogP contribution >= 0.6 is 11.3 Å². The molecule has 0 saturated carbocycles. The number of aromatic nitrogens is 1. The zero-order valence-electron chi connectivity index (χ0n) is 16.1. The highest BCUT2D eigenvalue weighted by atomic mass is 32.1. The summed E-state index contributed by atoms with van der Waals surface area (Å²) in [5.41, 5.74) is 1.02. The van der Waals surface area contributed by atoms with E-state index in [1.165, 1.54) is 24.0 Å². The standard InChI is InChI=1S/C20H30N4OS/c1-15(24-12-9-16(10-13-24)8-11-21-2)20(25)23(3)14-19-22-17-6-4-5-7-18(17)26-19/h4-7,15-16,21H,8-14H2,1-3H3. The van der Waals surface area contributed by atoms with E-state index in [-0.39, 0.29) is 11.9 Å². The van der Waals surface area contributed by atoms with Crippen molar-refractivity contribution in [3.63, 3.8) is 0 Å². The summed E-state index contributed by atoms with van der Waals surface area (Å²) in [4.78, 5) is 21.7. The van der Waals surface area contributed by atoms with E-state index in [0.29, 0.717) is 6.54 Å². The first kappa shape index (κ1) is 19.3. The quantitative estimate of drug-likeness (QED) is 0.809. The molecule has 0 aliphatic carbocycles. The molecule has 1 aliphatic heterocycles. The molecule has 3 rings (SSSR count). The first-order valence-electron chi connectivity index (χ1n) is 9.56. The Balaban J connectivity index is 1.53. The van der Waals surface area contributed by atoms with Gasteiger partial charge < -0.3 is 10.2 Å². The minimum atomic E-state index is -0.0559. The van der Waals surface area contributed by atoms with Crippen LogP contribution in [0.2, 0.25) is 0 Å². The minimum absolute atomic E-state index is 0.0559. The third kappa shape index (κ3) is 4.61. The maximum atomic E-state index is 12.9. The molecule has 2 heterocycles. The van der Waals surface area contributed by atoms with Crippen molar-refractivity contribution >= 4 is 27.5 Å². The highest BCUT2D eigenvalue weighted by Crippen LogP contribution is 2.24. The maximum absolute atomic E-state index is 12.9. The van der Waals surface area contributed by atoms with E-state index < -0.39 is 0 Å². The zero-order valence-corrected chi connectivity index (χ0v) is 16.9. The van der Waals surface area contributed by atoms with Crippen LogP contribution in [0, 0.1) is 5.92 Å². The Morgan fingerprint density at radius 2 is 2.12 bits per heavy atom. The largest absolute Gasteiger partial charge is 0.338 e. The summed E-state index contributed by atoms with van der Waals surface area (Å²) in [6, 6.07) is 8.08. The van der Waals surface area contributed by atoms with Crippen LogP contribution in [-0.2, 0) is 11.3 Å². The first-order valence-corrected chi connectivity index (χ1v) is 10.4. The number of thiazole rings is 1. The molecule has 0 bridgehead atoms. The molecule has 1 unspecified atom stereocenters. The van der Waals surface area contributed by atoms with E-state index in [4.69, 9.17) is 0 Å². The molecule has 142 valence electrons. The van der Waals surface area contributed by atoms with Crippen LogP contribution in [0.4, 0.5) is 0 Å². The van der Waals surface area contributed by atoms with Gasteiger partial charge in [-0.15, -0.1) is 11.3 Å². The maximum Gasteiger partial charge on any atom is 0.239 e. The smallest absolute Gasteiger partial charge is 0.239 e. The van der Waals surface area contributed by atoms with Gasteiger partial charge in [-0.2, -0.15) is 0 Å². The second-order valence-corrected chi connectivity index (χ2v) is 8.43. The average Bonchev–Trinajstić information content (AvgIpc) is 3.07. The van der Waals surface area contributed by atoms with Gasteiger partial charge in [0.25, 0.3) is 0 Å². The highest BCUT2D eigenvalue weighted by Gasteiger charge is 2.28. The molecule has 0 spiro atoms. The molecule has 1 saturated heterocycles. The van der Waals surface area contributed by atoms with Crippen molar-refractivity contribution in [2.24, 2.45) is 5.92 Å². The Morgan fingerprint density at radius 3 is 2.81 bits per heavy atom. The molecule has 1 aromatic heterocycles. The van der Waals surface area contributed by atoms with Gasteiger partial charge in [0.15, 0.2) is 0 Å².